The van der Waals surface area contributed by atoms with Gasteiger partial charge in [0.25, 0.3) is 5.91 Å². The topological polar surface area (TPSA) is 122 Å². The smallest absolute Gasteiger partial charge is 0.407 e. The van der Waals surface area contributed by atoms with Crippen molar-refractivity contribution in [2.24, 2.45) is 11.0 Å². The van der Waals surface area contributed by atoms with Crippen LogP contribution in [0.4, 0.5) is 4.79 Å². The molecule has 236 valence electrons. The number of benzene rings is 2. The zero-order valence-corrected chi connectivity index (χ0v) is 27.2. The van der Waals surface area contributed by atoms with E-state index in [-0.39, 0.29) is 11.9 Å². The van der Waals surface area contributed by atoms with Gasteiger partial charge in [0.2, 0.25) is 0 Å². The van der Waals surface area contributed by atoms with Gasteiger partial charge in [-0.2, -0.15) is 0 Å². The lowest BCUT2D eigenvalue weighted by Gasteiger charge is -2.33. The van der Waals surface area contributed by atoms with Gasteiger partial charge in [0.1, 0.15) is 11.4 Å². The molecule has 1 saturated carbocycles. The Morgan fingerprint density at radius 3 is 2.69 bits per heavy atom. The first kappa shape index (κ1) is 30.8. The van der Waals surface area contributed by atoms with Crippen molar-refractivity contribution in [2.45, 2.75) is 71.1 Å². The van der Waals surface area contributed by atoms with Crippen molar-refractivity contribution in [3.8, 4) is 16.3 Å². The Morgan fingerprint density at radius 2 is 1.96 bits per heavy atom. The summed E-state index contributed by atoms with van der Waals surface area (Å²) in [4.78, 5) is 32.2. The van der Waals surface area contributed by atoms with Crippen LogP contribution in [0.5, 0.6) is 5.75 Å². The molecule has 45 heavy (non-hydrogen) atoms. The fraction of sp³-hybridized carbons (Fsp3) is 0.471. The van der Waals surface area contributed by atoms with Crippen LogP contribution >= 0.6 is 11.3 Å². The Balaban J connectivity index is 1.37. The summed E-state index contributed by atoms with van der Waals surface area (Å²) in [5.74, 6) is 1.21. The maximum absolute atomic E-state index is 13.9. The van der Waals surface area contributed by atoms with Crippen molar-refractivity contribution in [3.05, 3.63) is 64.0 Å². The van der Waals surface area contributed by atoms with Gasteiger partial charge in [0.15, 0.2) is 0 Å². The molecule has 0 bridgehead atoms. The van der Waals surface area contributed by atoms with Crippen LogP contribution in [0.15, 0.2) is 47.6 Å². The third-order valence-electron chi connectivity index (χ3n) is 8.46. The van der Waals surface area contributed by atoms with Crippen LogP contribution < -0.4 is 10.1 Å². The van der Waals surface area contributed by atoms with Gasteiger partial charge < -0.3 is 24.3 Å². The fourth-order valence-electron chi connectivity index (χ4n) is 6.28. The van der Waals surface area contributed by atoms with Crippen LogP contribution in [0.3, 0.4) is 0 Å². The second-order valence-electron chi connectivity index (χ2n) is 13.0. The Hall–Kier alpha value is -4.21. The lowest BCUT2D eigenvalue weighted by atomic mass is 10.0. The van der Waals surface area contributed by atoms with Crippen molar-refractivity contribution >= 4 is 44.3 Å². The molecule has 6 rings (SSSR count). The molecule has 11 heteroatoms. The van der Waals surface area contributed by atoms with Crippen LogP contribution in [-0.2, 0) is 17.7 Å². The third kappa shape index (κ3) is 6.74. The quantitative estimate of drug-likeness (QED) is 0.115. The van der Waals surface area contributed by atoms with E-state index in [0.717, 1.165) is 45.6 Å². The van der Waals surface area contributed by atoms with Gasteiger partial charge in [0, 0.05) is 63.7 Å². The maximum atomic E-state index is 13.9. The molecule has 2 aromatic heterocycles. The molecule has 1 saturated heterocycles. The van der Waals surface area contributed by atoms with Crippen molar-refractivity contribution < 1.29 is 19.1 Å². The van der Waals surface area contributed by atoms with E-state index in [1.165, 1.54) is 23.7 Å². The minimum Gasteiger partial charge on any atom is -0.496 e. The minimum atomic E-state index is -0.591. The van der Waals surface area contributed by atoms with Crippen molar-refractivity contribution in [3.63, 3.8) is 0 Å². The number of alkyl carbamates (subject to hydrolysis) is 1. The van der Waals surface area contributed by atoms with E-state index in [2.05, 4.69) is 50.2 Å². The molecule has 4 aromatic rings. The third-order valence-corrected chi connectivity index (χ3v) is 9.66. The number of para-hydroxylation sites is 1. The summed E-state index contributed by atoms with van der Waals surface area (Å²) in [5, 5.41) is 8.94. The van der Waals surface area contributed by atoms with Gasteiger partial charge in [0.05, 0.1) is 17.7 Å². The summed E-state index contributed by atoms with van der Waals surface area (Å²) >= 11 is 1.65. The highest BCUT2D eigenvalue weighted by Crippen LogP contribution is 2.46. The largest absolute Gasteiger partial charge is 0.496 e. The molecule has 1 atom stereocenters. The number of rotatable bonds is 9. The maximum Gasteiger partial charge on any atom is 0.407 e. The monoisotopic (exact) mass is 628 g/mol. The number of likely N-dealkylation sites (tertiary alicyclic amines) is 1. The first-order chi connectivity index (χ1) is 21.6. The molecule has 0 unspecified atom stereocenters. The van der Waals surface area contributed by atoms with E-state index < -0.39 is 11.7 Å². The molecule has 1 N–H and O–H groups in total. The fourth-order valence-corrected chi connectivity index (χ4v) is 7.61. The van der Waals surface area contributed by atoms with Gasteiger partial charge in [-0.05, 0) is 94.2 Å². The highest BCUT2D eigenvalue weighted by Gasteiger charge is 2.30. The molecular weight excluding hydrogens is 588 g/mol. The molecule has 1 aliphatic carbocycles. The summed E-state index contributed by atoms with van der Waals surface area (Å²) in [7, 11) is 1.63. The van der Waals surface area contributed by atoms with Crippen molar-refractivity contribution in [2.75, 3.05) is 26.7 Å². The van der Waals surface area contributed by atoms with Gasteiger partial charge >= 0.3 is 6.09 Å². The second kappa shape index (κ2) is 12.7. The Labute approximate surface area is 266 Å². The zero-order chi connectivity index (χ0) is 31.7. The van der Waals surface area contributed by atoms with Crippen LogP contribution in [0.2, 0.25) is 0 Å². The van der Waals surface area contributed by atoms with E-state index in [1.54, 1.807) is 23.3 Å². The number of aromatic nitrogens is 1. The summed E-state index contributed by atoms with van der Waals surface area (Å²) in [6, 6.07) is 14.3. The molecular formula is C34H40N6O4S. The summed E-state index contributed by atoms with van der Waals surface area (Å²) < 4.78 is 14.8. The van der Waals surface area contributed by atoms with Crippen molar-refractivity contribution in [1.29, 1.82) is 0 Å². The molecule has 2 amide bonds. The predicted octanol–water partition coefficient (Wildman–Crippen LogP) is 7.92. The Bertz CT molecular complexity index is 1790. The lowest BCUT2D eigenvalue weighted by molar-refractivity contribution is 0.0452. The molecule has 2 aliphatic rings. The molecule has 2 aromatic carbocycles. The van der Waals surface area contributed by atoms with E-state index in [0.29, 0.717) is 43.3 Å². The molecule has 0 radical (unpaired) electrons. The number of azide groups is 1. The Morgan fingerprint density at radius 1 is 1.16 bits per heavy atom. The summed E-state index contributed by atoms with van der Waals surface area (Å²) in [6.45, 7) is 7.79. The van der Waals surface area contributed by atoms with Gasteiger partial charge in [-0.15, -0.1) is 11.3 Å². The number of carbonyl (C=O) groups excluding carboxylic acids is 2. The van der Waals surface area contributed by atoms with Gasteiger partial charge in [-0.25, -0.2) is 4.79 Å². The number of carbonyl (C=O) groups is 2. The van der Waals surface area contributed by atoms with Crippen molar-refractivity contribution in [1.82, 2.24) is 14.8 Å². The number of hydrogen-bond donors (Lipinski definition) is 1. The minimum absolute atomic E-state index is 0.0979. The molecule has 0 spiro atoms. The zero-order valence-electron chi connectivity index (χ0n) is 26.3. The highest BCUT2D eigenvalue weighted by atomic mass is 32.1. The molecule has 3 heterocycles. The van der Waals surface area contributed by atoms with Gasteiger partial charge in [-0.3, -0.25) is 4.79 Å². The normalized spacial score (nSPS) is 16.9. The van der Waals surface area contributed by atoms with E-state index in [4.69, 9.17) is 15.0 Å². The average Bonchev–Trinajstić information content (AvgIpc) is 3.65. The van der Waals surface area contributed by atoms with E-state index in [1.807, 2.05) is 32.9 Å². The van der Waals surface area contributed by atoms with Crippen LogP contribution in [0, 0.1) is 5.92 Å². The number of methoxy groups -OCH3 is 1. The molecule has 2 fully saturated rings. The summed E-state index contributed by atoms with van der Waals surface area (Å²) in [6.07, 6.45) is 4.13. The predicted molar refractivity (Wildman–Crippen MR) is 178 cm³/mol. The van der Waals surface area contributed by atoms with E-state index >= 15 is 0 Å². The number of thiophene rings is 1. The lowest BCUT2D eigenvalue weighted by Crippen LogP contribution is -2.50. The standard InChI is InChI=1S/C34H40N6O4S/c1-34(2,3)44-33(42)37-24-9-7-15-39(20-24)32(41)23-17-28(43-4)30-25(13-14-36-38-35)31(45-29(30)18-23)27-16-22-8-5-6-10-26(22)40(27)19-21-11-12-21/h5-6,8,10,16-18,21,24H,7,9,11-15,19-20H2,1-4H3,(H,37,42)/t24-/m1/s1. The van der Waals surface area contributed by atoms with Crippen LogP contribution in [0.1, 0.15) is 62.4 Å². The second-order valence-corrected chi connectivity index (χ2v) is 14.1. The highest BCUT2D eigenvalue weighted by molar-refractivity contribution is 7.22. The SMILES string of the molecule is COc1cc(C(=O)N2CCC[C@@H](NC(=O)OC(C)(C)C)C2)cc2sc(-c3cc4ccccc4n3CC3CC3)c(CCN=[N+]=[N-])c12. The first-order valence-electron chi connectivity index (χ1n) is 15.7. The van der Waals surface area contributed by atoms with Crippen LogP contribution in [-0.4, -0.2) is 59.9 Å². The molecule has 10 nitrogen and oxygen atoms in total. The Kier molecular flexibility index (Phi) is 8.66. The van der Waals surface area contributed by atoms with Gasteiger partial charge in [-0.1, -0.05) is 23.3 Å². The number of fused-ring (bicyclic) bond motifs is 2. The number of nitrogens with zero attached hydrogens (tertiary/aromatic N) is 5. The van der Waals surface area contributed by atoms with Crippen LogP contribution in [0.25, 0.3) is 42.0 Å². The number of hydrogen-bond acceptors (Lipinski definition) is 6. The van der Waals surface area contributed by atoms with E-state index in [9.17, 15) is 9.59 Å². The first-order valence-corrected chi connectivity index (χ1v) is 16.5. The number of ether oxygens (including phenoxy) is 2. The number of nitrogens with one attached hydrogen (secondary N) is 1. The average molecular weight is 629 g/mol. The molecule has 1 aliphatic heterocycles. The number of piperidine rings is 1. The summed E-state index contributed by atoms with van der Waals surface area (Å²) in [5.41, 5.74) is 12.4. The number of amides is 2.